The van der Waals surface area contributed by atoms with Crippen molar-refractivity contribution in [1.29, 1.82) is 0 Å². The van der Waals surface area contributed by atoms with Gasteiger partial charge in [0.25, 0.3) is 5.91 Å². The summed E-state index contributed by atoms with van der Waals surface area (Å²) in [7, 11) is 0. The zero-order valence-corrected chi connectivity index (χ0v) is 12.6. The summed E-state index contributed by atoms with van der Waals surface area (Å²) < 4.78 is 5.57. The number of amides is 1. The number of rotatable bonds is 6. The van der Waals surface area contributed by atoms with E-state index in [1.807, 2.05) is 0 Å². The summed E-state index contributed by atoms with van der Waals surface area (Å²) >= 11 is 0. The second-order valence-corrected chi connectivity index (χ2v) is 5.49. The lowest BCUT2D eigenvalue weighted by molar-refractivity contribution is -0.137. The van der Waals surface area contributed by atoms with Crippen molar-refractivity contribution < 1.29 is 19.4 Å². The molecule has 0 saturated carbocycles. The summed E-state index contributed by atoms with van der Waals surface area (Å²) in [5.74, 6) is -1.24. The number of fused-ring (bicyclic) bond motifs is 1. The van der Waals surface area contributed by atoms with Crippen LogP contribution in [0.3, 0.4) is 0 Å². The Kier molecular flexibility index (Phi) is 4.52. The maximum Gasteiger partial charge on any atom is 0.305 e. The fraction of sp³-hybridized carbons (Fsp3) is 0.467. The maximum atomic E-state index is 12.8. The molecule has 2 aromatic heterocycles. The van der Waals surface area contributed by atoms with E-state index in [1.165, 1.54) is 11.2 Å². The van der Waals surface area contributed by atoms with Gasteiger partial charge in [0.1, 0.15) is 17.7 Å². The molecular weight excluding hydrogens is 300 g/mol. The first-order chi connectivity index (χ1) is 11.1. The van der Waals surface area contributed by atoms with E-state index in [-0.39, 0.29) is 30.7 Å². The van der Waals surface area contributed by atoms with Crippen molar-refractivity contribution in [2.75, 3.05) is 19.7 Å². The van der Waals surface area contributed by atoms with Crippen LogP contribution < -0.4 is 0 Å². The van der Waals surface area contributed by atoms with Crippen molar-refractivity contribution >= 4 is 22.9 Å². The van der Waals surface area contributed by atoms with Gasteiger partial charge in [-0.3, -0.25) is 9.59 Å². The molecule has 2 N–H and O–H groups in total. The molecular formula is C15H18N4O4. The first-order valence-electron chi connectivity index (χ1n) is 7.56. The number of nitrogens with one attached hydrogen (secondary N) is 1. The molecule has 1 saturated heterocycles. The van der Waals surface area contributed by atoms with Gasteiger partial charge in [-0.2, -0.15) is 0 Å². The smallest absolute Gasteiger partial charge is 0.305 e. The van der Waals surface area contributed by atoms with Crippen LogP contribution in [0.4, 0.5) is 0 Å². The lowest BCUT2D eigenvalue weighted by atomic mass is 10.2. The van der Waals surface area contributed by atoms with Crippen molar-refractivity contribution in [2.45, 2.75) is 25.4 Å². The van der Waals surface area contributed by atoms with Gasteiger partial charge in [0.15, 0.2) is 0 Å². The van der Waals surface area contributed by atoms with Crippen LogP contribution in [0.1, 0.15) is 29.8 Å². The van der Waals surface area contributed by atoms with Gasteiger partial charge >= 0.3 is 5.97 Å². The Morgan fingerprint density at radius 1 is 1.43 bits per heavy atom. The topological polar surface area (TPSA) is 108 Å². The van der Waals surface area contributed by atoms with E-state index >= 15 is 0 Å². The zero-order valence-electron chi connectivity index (χ0n) is 12.6. The normalized spacial score (nSPS) is 17.5. The van der Waals surface area contributed by atoms with Gasteiger partial charge in [0.2, 0.25) is 0 Å². The predicted octanol–water partition coefficient (Wildman–Crippen LogP) is 1.05. The van der Waals surface area contributed by atoms with Crippen molar-refractivity contribution in [3.63, 3.8) is 0 Å². The minimum Gasteiger partial charge on any atom is -0.481 e. The second kappa shape index (κ2) is 6.74. The number of aromatic amines is 1. The summed E-state index contributed by atoms with van der Waals surface area (Å²) in [6, 6.07) is 1.74. The fourth-order valence-electron chi connectivity index (χ4n) is 2.73. The number of aromatic nitrogens is 3. The highest BCUT2D eigenvalue weighted by atomic mass is 16.5. The maximum absolute atomic E-state index is 12.8. The molecule has 3 rings (SSSR count). The third-order valence-electron chi connectivity index (χ3n) is 3.89. The Labute approximate surface area is 132 Å². The number of carbonyl (C=O) groups excluding carboxylic acids is 1. The molecule has 0 spiro atoms. The van der Waals surface area contributed by atoms with Crippen LogP contribution >= 0.6 is 0 Å². The molecule has 1 aliphatic rings. The lowest BCUT2D eigenvalue weighted by Crippen LogP contribution is -2.39. The highest BCUT2D eigenvalue weighted by Crippen LogP contribution is 2.18. The second-order valence-electron chi connectivity index (χ2n) is 5.49. The molecule has 0 aromatic carbocycles. The van der Waals surface area contributed by atoms with Crippen LogP contribution in [0.2, 0.25) is 0 Å². The Morgan fingerprint density at radius 2 is 2.30 bits per heavy atom. The third-order valence-corrected chi connectivity index (χ3v) is 3.89. The number of carboxylic acid groups (broad SMARTS) is 1. The average molecular weight is 318 g/mol. The molecule has 0 radical (unpaired) electrons. The number of ether oxygens (including phenoxy) is 1. The molecule has 0 aliphatic carbocycles. The van der Waals surface area contributed by atoms with Gasteiger partial charge in [-0.15, -0.1) is 0 Å². The van der Waals surface area contributed by atoms with E-state index in [0.29, 0.717) is 24.2 Å². The standard InChI is InChI=1S/C15H18N4O4/c20-12(21)4-6-19(8-10-2-1-7-23-10)15(22)13-11-3-5-16-14(11)18-9-17-13/h3,5,9-10H,1-2,4,6-8H2,(H,20,21)(H,16,17,18). The summed E-state index contributed by atoms with van der Waals surface area (Å²) in [6.45, 7) is 1.19. The van der Waals surface area contributed by atoms with Crippen molar-refractivity contribution in [3.05, 3.63) is 24.3 Å². The van der Waals surface area contributed by atoms with Crippen molar-refractivity contribution in [3.8, 4) is 0 Å². The monoisotopic (exact) mass is 318 g/mol. The Hall–Kier alpha value is -2.48. The van der Waals surface area contributed by atoms with Gasteiger partial charge in [-0.1, -0.05) is 0 Å². The number of aliphatic carboxylic acids is 1. The minimum absolute atomic E-state index is 0.0451. The molecule has 1 atom stereocenters. The summed E-state index contributed by atoms with van der Waals surface area (Å²) in [5, 5.41) is 9.54. The van der Waals surface area contributed by atoms with E-state index in [4.69, 9.17) is 9.84 Å². The molecule has 1 amide bonds. The fourth-order valence-corrected chi connectivity index (χ4v) is 2.73. The third kappa shape index (κ3) is 3.48. The van der Waals surface area contributed by atoms with Gasteiger partial charge in [0.05, 0.1) is 17.9 Å². The first-order valence-corrected chi connectivity index (χ1v) is 7.56. The lowest BCUT2D eigenvalue weighted by Gasteiger charge is -2.24. The molecule has 8 nitrogen and oxygen atoms in total. The number of H-pyrrole nitrogens is 1. The zero-order chi connectivity index (χ0) is 16.2. The summed E-state index contributed by atoms with van der Waals surface area (Å²) in [5.41, 5.74) is 0.860. The Balaban J connectivity index is 1.83. The highest BCUT2D eigenvalue weighted by molar-refractivity contribution is 6.03. The van der Waals surface area contributed by atoms with E-state index < -0.39 is 5.97 Å². The summed E-state index contributed by atoms with van der Waals surface area (Å²) in [4.78, 5) is 36.3. The number of carbonyl (C=O) groups is 2. The van der Waals surface area contributed by atoms with Crippen LogP contribution in [0.15, 0.2) is 18.6 Å². The average Bonchev–Trinajstić information content (AvgIpc) is 3.21. The predicted molar refractivity (Wildman–Crippen MR) is 81.0 cm³/mol. The van der Waals surface area contributed by atoms with Crippen molar-refractivity contribution in [2.24, 2.45) is 0 Å². The van der Waals surface area contributed by atoms with Gasteiger partial charge in [0, 0.05) is 25.9 Å². The van der Waals surface area contributed by atoms with Crippen LogP contribution in [0.25, 0.3) is 11.0 Å². The van der Waals surface area contributed by atoms with Crippen LogP contribution in [-0.2, 0) is 9.53 Å². The molecule has 0 bridgehead atoms. The van der Waals surface area contributed by atoms with Crippen LogP contribution in [0.5, 0.6) is 0 Å². The summed E-state index contributed by atoms with van der Waals surface area (Å²) in [6.07, 6.45) is 4.70. The molecule has 3 heterocycles. The van der Waals surface area contributed by atoms with Gasteiger partial charge < -0.3 is 19.7 Å². The quantitative estimate of drug-likeness (QED) is 0.824. The van der Waals surface area contributed by atoms with Crippen LogP contribution in [-0.4, -0.2) is 62.6 Å². The van der Waals surface area contributed by atoms with Crippen molar-refractivity contribution in [1.82, 2.24) is 19.9 Å². The van der Waals surface area contributed by atoms with Crippen LogP contribution in [0, 0.1) is 0 Å². The number of nitrogens with zero attached hydrogens (tertiary/aromatic N) is 3. The number of hydrogen-bond acceptors (Lipinski definition) is 5. The van der Waals surface area contributed by atoms with E-state index in [1.54, 1.807) is 12.3 Å². The van der Waals surface area contributed by atoms with E-state index in [9.17, 15) is 9.59 Å². The number of carboxylic acids is 1. The van der Waals surface area contributed by atoms with E-state index in [0.717, 1.165) is 12.8 Å². The number of hydrogen-bond donors (Lipinski definition) is 2. The first kappa shape index (κ1) is 15.4. The minimum atomic E-state index is -0.940. The van der Waals surface area contributed by atoms with Gasteiger partial charge in [-0.05, 0) is 18.9 Å². The molecule has 8 heteroatoms. The Morgan fingerprint density at radius 3 is 3.04 bits per heavy atom. The Bertz CT molecular complexity index is 708. The van der Waals surface area contributed by atoms with Gasteiger partial charge in [-0.25, -0.2) is 9.97 Å². The SMILES string of the molecule is O=C(O)CCN(CC1CCCO1)C(=O)c1ncnc2[nH]ccc12. The highest BCUT2D eigenvalue weighted by Gasteiger charge is 2.26. The molecule has 2 aromatic rings. The molecule has 1 aliphatic heterocycles. The molecule has 23 heavy (non-hydrogen) atoms. The largest absolute Gasteiger partial charge is 0.481 e. The molecule has 122 valence electrons. The van der Waals surface area contributed by atoms with E-state index in [2.05, 4.69) is 15.0 Å². The molecule has 1 unspecified atom stereocenters. The molecule has 1 fully saturated rings.